The van der Waals surface area contributed by atoms with E-state index in [4.69, 9.17) is 5.26 Å². The number of halogens is 3. The molecule has 2 aromatic rings. The van der Waals surface area contributed by atoms with E-state index in [1.54, 1.807) is 6.07 Å². The zero-order chi connectivity index (χ0) is 13.9. The molecule has 0 bridgehead atoms. The summed E-state index contributed by atoms with van der Waals surface area (Å²) in [5, 5.41) is 11.4. The van der Waals surface area contributed by atoms with Crippen molar-refractivity contribution in [3.8, 4) is 6.07 Å². The van der Waals surface area contributed by atoms with Crippen LogP contribution in [-0.2, 0) is 6.18 Å². The van der Waals surface area contributed by atoms with Crippen LogP contribution < -0.4 is 5.32 Å². The third kappa shape index (κ3) is 2.95. The molecular weight excluding hydrogens is 259 g/mol. The Labute approximate surface area is 105 Å². The van der Waals surface area contributed by atoms with Crippen LogP contribution >= 0.6 is 0 Å². The van der Waals surface area contributed by atoms with Gasteiger partial charge in [-0.15, -0.1) is 0 Å². The first-order chi connectivity index (χ1) is 9.00. The summed E-state index contributed by atoms with van der Waals surface area (Å²) in [5.41, 5.74) is -0.742. The standard InChI is InChI=1S/C11H6F3N5/c12-11(13,14)9-2-1-7(3-15)10(19-9)18-8-4-16-6-17-5-8/h1-2,4-6H,(H,18,19). The quantitative estimate of drug-likeness (QED) is 0.902. The number of hydrogen-bond acceptors (Lipinski definition) is 5. The maximum atomic E-state index is 12.5. The van der Waals surface area contributed by atoms with Gasteiger partial charge in [-0.2, -0.15) is 18.4 Å². The number of hydrogen-bond donors (Lipinski definition) is 1. The predicted molar refractivity (Wildman–Crippen MR) is 59.3 cm³/mol. The molecule has 0 saturated carbocycles. The molecule has 0 spiro atoms. The molecular formula is C11H6F3N5. The first-order valence-corrected chi connectivity index (χ1v) is 5.01. The smallest absolute Gasteiger partial charge is 0.337 e. The Kier molecular flexibility index (Phi) is 3.29. The largest absolute Gasteiger partial charge is 0.433 e. The summed E-state index contributed by atoms with van der Waals surface area (Å²) in [6, 6.07) is 3.57. The molecule has 8 heteroatoms. The molecule has 96 valence electrons. The maximum Gasteiger partial charge on any atom is 0.433 e. The van der Waals surface area contributed by atoms with Crippen LogP contribution in [0, 0.1) is 11.3 Å². The topological polar surface area (TPSA) is 74.5 Å². The Bertz CT molecular complexity index is 618. The maximum absolute atomic E-state index is 12.5. The zero-order valence-electron chi connectivity index (χ0n) is 9.31. The number of nitrogens with one attached hydrogen (secondary N) is 1. The number of nitrogens with zero attached hydrogens (tertiary/aromatic N) is 4. The SMILES string of the molecule is N#Cc1ccc(C(F)(F)F)nc1Nc1cncnc1. The van der Waals surface area contributed by atoms with E-state index in [2.05, 4.69) is 20.3 Å². The third-order valence-corrected chi connectivity index (χ3v) is 2.13. The van der Waals surface area contributed by atoms with Gasteiger partial charge in [-0.1, -0.05) is 0 Å². The van der Waals surface area contributed by atoms with E-state index >= 15 is 0 Å². The highest BCUT2D eigenvalue weighted by Gasteiger charge is 2.33. The summed E-state index contributed by atoms with van der Waals surface area (Å²) >= 11 is 0. The van der Waals surface area contributed by atoms with Crippen molar-refractivity contribution in [1.82, 2.24) is 15.0 Å². The monoisotopic (exact) mass is 265 g/mol. The van der Waals surface area contributed by atoms with Gasteiger partial charge in [0.1, 0.15) is 23.9 Å². The third-order valence-electron chi connectivity index (χ3n) is 2.13. The highest BCUT2D eigenvalue weighted by Crippen LogP contribution is 2.30. The second-order valence-corrected chi connectivity index (χ2v) is 3.45. The normalized spacial score (nSPS) is 10.8. The molecule has 0 saturated heterocycles. The fourth-order valence-electron chi connectivity index (χ4n) is 1.30. The van der Waals surface area contributed by atoms with Gasteiger partial charge in [0.25, 0.3) is 0 Å². The molecule has 0 radical (unpaired) electrons. The predicted octanol–water partition coefficient (Wildman–Crippen LogP) is 2.51. The lowest BCUT2D eigenvalue weighted by molar-refractivity contribution is -0.141. The molecule has 0 aromatic carbocycles. The Morgan fingerprint density at radius 2 is 1.84 bits per heavy atom. The van der Waals surface area contributed by atoms with Crippen LogP contribution in [0.25, 0.3) is 0 Å². The van der Waals surface area contributed by atoms with Crippen molar-refractivity contribution in [1.29, 1.82) is 5.26 Å². The van der Waals surface area contributed by atoms with E-state index in [1.807, 2.05) is 0 Å². The van der Waals surface area contributed by atoms with Crippen molar-refractivity contribution in [2.24, 2.45) is 0 Å². The molecule has 2 heterocycles. The van der Waals surface area contributed by atoms with E-state index in [9.17, 15) is 13.2 Å². The van der Waals surface area contributed by atoms with Gasteiger partial charge >= 0.3 is 6.18 Å². The van der Waals surface area contributed by atoms with Crippen LogP contribution in [0.5, 0.6) is 0 Å². The Hall–Kier alpha value is -2.69. The number of rotatable bonds is 2. The summed E-state index contributed by atoms with van der Waals surface area (Å²) < 4.78 is 37.6. The summed E-state index contributed by atoms with van der Waals surface area (Å²) in [6.45, 7) is 0. The van der Waals surface area contributed by atoms with Crippen LogP contribution in [0.15, 0.2) is 30.9 Å². The van der Waals surface area contributed by atoms with E-state index in [0.29, 0.717) is 5.69 Å². The Morgan fingerprint density at radius 1 is 1.16 bits per heavy atom. The van der Waals surface area contributed by atoms with E-state index in [0.717, 1.165) is 12.1 Å². The molecule has 0 aliphatic rings. The van der Waals surface area contributed by atoms with E-state index < -0.39 is 11.9 Å². The van der Waals surface area contributed by atoms with Crippen LogP contribution in [0.4, 0.5) is 24.7 Å². The Morgan fingerprint density at radius 3 is 2.42 bits per heavy atom. The second kappa shape index (κ2) is 4.89. The van der Waals surface area contributed by atoms with E-state index in [1.165, 1.54) is 18.7 Å². The van der Waals surface area contributed by atoms with Crippen molar-refractivity contribution >= 4 is 11.5 Å². The van der Waals surface area contributed by atoms with Crippen molar-refractivity contribution in [3.05, 3.63) is 42.1 Å². The van der Waals surface area contributed by atoms with Gasteiger partial charge in [-0.05, 0) is 12.1 Å². The van der Waals surface area contributed by atoms with Crippen molar-refractivity contribution < 1.29 is 13.2 Å². The van der Waals surface area contributed by atoms with Crippen LogP contribution in [0.3, 0.4) is 0 Å². The van der Waals surface area contributed by atoms with Gasteiger partial charge in [-0.3, -0.25) is 0 Å². The minimum atomic E-state index is -4.57. The first kappa shape index (κ1) is 12.8. The average Bonchev–Trinajstić information content (AvgIpc) is 2.39. The first-order valence-electron chi connectivity index (χ1n) is 5.01. The molecule has 0 aliphatic carbocycles. The molecule has 2 aromatic heterocycles. The summed E-state index contributed by atoms with van der Waals surface area (Å²) in [6.07, 6.45) is -0.584. The fraction of sp³-hybridized carbons (Fsp3) is 0.0909. The molecule has 0 aliphatic heterocycles. The second-order valence-electron chi connectivity index (χ2n) is 3.45. The van der Waals surface area contributed by atoms with Gasteiger partial charge in [0, 0.05) is 0 Å². The number of alkyl halides is 3. The Balaban J connectivity index is 2.41. The number of aromatic nitrogens is 3. The van der Waals surface area contributed by atoms with E-state index in [-0.39, 0.29) is 11.4 Å². The van der Waals surface area contributed by atoms with Crippen LogP contribution in [0.2, 0.25) is 0 Å². The summed E-state index contributed by atoms with van der Waals surface area (Å²) in [5.74, 6) is -0.188. The molecule has 19 heavy (non-hydrogen) atoms. The lowest BCUT2D eigenvalue weighted by Crippen LogP contribution is -2.10. The van der Waals surface area contributed by atoms with Crippen LogP contribution in [0.1, 0.15) is 11.3 Å². The number of nitriles is 1. The van der Waals surface area contributed by atoms with Gasteiger partial charge in [-0.25, -0.2) is 15.0 Å². The van der Waals surface area contributed by atoms with Gasteiger partial charge in [0.15, 0.2) is 0 Å². The van der Waals surface area contributed by atoms with Gasteiger partial charge < -0.3 is 5.32 Å². The lowest BCUT2D eigenvalue weighted by atomic mass is 10.2. The number of pyridine rings is 1. The van der Waals surface area contributed by atoms with Gasteiger partial charge in [0.05, 0.1) is 23.6 Å². The molecule has 5 nitrogen and oxygen atoms in total. The van der Waals surface area contributed by atoms with Crippen molar-refractivity contribution in [2.75, 3.05) is 5.32 Å². The van der Waals surface area contributed by atoms with Crippen molar-refractivity contribution in [2.45, 2.75) is 6.18 Å². The summed E-state index contributed by atoms with van der Waals surface area (Å²) in [4.78, 5) is 10.8. The summed E-state index contributed by atoms with van der Waals surface area (Å²) in [7, 11) is 0. The molecule has 0 amide bonds. The minimum Gasteiger partial charge on any atom is -0.337 e. The fourth-order valence-corrected chi connectivity index (χ4v) is 1.30. The zero-order valence-corrected chi connectivity index (χ0v) is 9.31. The van der Waals surface area contributed by atoms with Crippen molar-refractivity contribution in [3.63, 3.8) is 0 Å². The highest BCUT2D eigenvalue weighted by molar-refractivity contribution is 5.61. The highest BCUT2D eigenvalue weighted by atomic mass is 19.4. The molecule has 1 N–H and O–H groups in total. The molecule has 0 atom stereocenters. The average molecular weight is 265 g/mol. The number of anilines is 2. The van der Waals surface area contributed by atoms with Gasteiger partial charge in [0.2, 0.25) is 0 Å². The minimum absolute atomic E-state index is 0.00291. The molecule has 0 fully saturated rings. The lowest BCUT2D eigenvalue weighted by Gasteiger charge is -2.10. The molecule has 0 unspecified atom stereocenters. The van der Waals surface area contributed by atoms with Crippen LogP contribution in [-0.4, -0.2) is 15.0 Å². The molecule has 2 rings (SSSR count).